The van der Waals surface area contributed by atoms with Gasteiger partial charge in [-0.25, -0.2) is 4.39 Å². The molecule has 2 rings (SSSR count). The maximum absolute atomic E-state index is 12.9. The van der Waals surface area contributed by atoms with Crippen LogP contribution in [0.15, 0.2) is 18.2 Å². The third kappa shape index (κ3) is 1.96. The van der Waals surface area contributed by atoms with Crippen molar-refractivity contribution in [2.45, 2.75) is 18.4 Å². The molecule has 82 valence electrons. The van der Waals surface area contributed by atoms with Crippen LogP contribution in [0.3, 0.4) is 0 Å². The smallest absolute Gasteiger partial charge is 0.125 e. The largest absolute Gasteiger partial charge is 0.398 e. The molecule has 1 saturated heterocycles. The highest BCUT2D eigenvalue weighted by Gasteiger charge is 2.33. The third-order valence-electron chi connectivity index (χ3n) is 2.83. The number of anilines is 1. The lowest BCUT2D eigenvalue weighted by Crippen LogP contribution is -2.34. The molecule has 0 radical (unpaired) electrons. The summed E-state index contributed by atoms with van der Waals surface area (Å²) in [6.45, 7) is 1.01. The van der Waals surface area contributed by atoms with Crippen molar-refractivity contribution in [2.75, 3.05) is 18.9 Å². The average molecular weight is 211 g/mol. The van der Waals surface area contributed by atoms with Crippen LogP contribution in [-0.2, 0) is 10.3 Å². The molecular weight excluding hydrogens is 197 g/mol. The highest BCUT2D eigenvalue weighted by atomic mass is 19.1. The number of hydrogen-bond donors (Lipinski definition) is 2. The first-order chi connectivity index (χ1) is 7.12. The second kappa shape index (κ2) is 3.79. The van der Waals surface area contributed by atoms with Crippen LogP contribution < -0.4 is 5.73 Å². The Kier molecular flexibility index (Phi) is 2.63. The van der Waals surface area contributed by atoms with E-state index in [4.69, 9.17) is 10.5 Å². The maximum atomic E-state index is 12.9. The van der Waals surface area contributed by atoms with Crippen molar-refractivity contribution in [2.24, 2.45) is 0 Å². The van der Waals surface area contributed by atoms with Crippen LogP contribution in [0.5, 0.6) is 0 Å². The topological polar surface area (TPSA) is 55.5 Å². The fourth-order valence-corrected chi connectivity index (χ4v) is 1.94. The van der Waals surface area contributed by atoms with Crippen LogP contribution in [-0.4, -0.2) is 18.3 Å². The van der Waals surface area contributed by atoms with Crippen molar-refractivity contribution < 1.29 is 14.2 Å². The molecule has 0 aromatic heterocycles. The molecule has 4 heteroatoms. The second-order valence-electron chi connectivity index (χ2n) is 3.88. The summed E-state index contributed by atoms with van der Waals surface area (Å²) in [7, 11) is 0. The van der Waals surface area contributed by atoms with Gasteiger partial charge in [0.2, 0.25) is 0 Å². The van der Waals surface area contributed by atoms with Crippen molar-refractivity contribution in [3.8, 4) is 0 Å². The minimum atomic E-state index is -0.962. The van der Waals surface area contributed by atoms with Crippen LogP contribution in [0, 0.1) is 5.82 Å². The zero-order chi connectivity index (χ0) is 10.9. The fraction of sp³-hybridized carbons (Fsp3) is 0.455. The first kappa shape index (κ1) is 10.4. The minimum Gasteiger partial charge on any atom is -0.398 e. The Morgan fingerprint density at radius 1 is 1.33 bits per heavy atom. The predicted molar refractivity (Wildman–Crippen MR) is 54.8 cm³/mol. The van der Waals surface area contributed by atoms with Crippen LogP contribution in [0.25, 0.3) is 0 Å². The van der Waals surface area contributed by atoms with E-state index in [1.54, 1.807) is 6.07 Å². The average Bonchev–Trinajstić information content (AvgIpc) is 2.18. The highest BCUT2D eigenvalue weighted by molar-refractivity contribution is 5.50. The van der Waals surface area contributed by atoms with Gasteiger partial charge in [-0.15, -0.1) is 0 Å². The van der Waals surface area contributed by atoms with Gasteiger partial charge >= 0.3 is 0 Å². The second-order valence-corrected chi connectivity index (χ2v) is 3.88. The Bertz CT molecular complexity index is 362. The third-order valence-corrected chi connectivity index (χ3v) is 2.83. The standard InChI is InChI=1S/C11H14FNO2/c12-8-1-2-9(10(13)7-8)11(14)3-5-15-6-4-11/h1-2,7,14H,3-6,13H2. The van der Waals surface area contributed by atoms with Gasteiger partial charge in [-0.3, -0.25) is 0 Å². The molecule has 0 aliphatic carbocycles. The lowest BCUT2D eigenvalue weighted by Gasteiger charge is -2.33. The summed E-state index contributed by atoms with van der Waals surface area (Å²) in [6, 6.07) is 4.11. The molecule has 3 N–H and O–H groups in total. The van der Waals surface area contributed by atoms with Gasteiger partial charge in [0.05, 0.1) is 5.60 Å². The Labute approximate surface area is 87.7 Å². The Morgan fingerprint density at radius 3 is 2.60 bits per heavy atom. The van der Waals surface area contributed by atoms with E-state index in [0.29, 0.717) is 37.3 Å². The number of benzene rings is 1. The number of nitrogen functional groups attached to an aromatic ring is 1. The molecule has 0 amide bonds. The van der Waals surface area contributed by atoms with E-state index in [9.17, 15) is 9.50 Å². The van der Waals surface area contributed by atoms with E-state index in [0.717, 1.165) is 0 Å². The summed E-state index contributed by atoms with van der Waals surface area (Å²) < 4.78 is 18.0. The Balaban J connectivity index is 2.35. The lowest BCUT2D eigenvalue weighted by molar-refractivity contribution is -0.0674. The van der Waals surface area contributed by atoms with Gasteiger partial charge in [-0.2, -0.15) is 0 Å². The summed E-state index contributed by atoms with van der Waals surface area (Å²) >= 11 is 0. The number of nitrogens with two attached hydrogens (primary N) is 1. The van der Waals surface area contributed by atoms with Crippen molar-refractivity contribution in [1.82, 2.24) is 0 Å². The zero-order valence-corrected chi connectivity index (χ0v) is 8.37. The molecule has 1 fully saturated rings. The number of hydrogen-bond acceptors (Lipinski definition) is 3. The van der Waals surface area contributed by atoms with E-state index in [1.807, 2.05) is 0 Å². The lowest BCUT2D eigenvalue weighted by atomic mass is 9.85. The first-order valence-electron chi connectivity index (χ1n) is 4.97. The van der Waals surface area contributed by atoms with Crippen LogP contribution >= 0.6 is 0 Å². The van der Waals surface area contributed by atoms with Crippen LogP contribution in [0.1, 0.15) is 18.4 Å². The summed E-state index contributed by atoms with van der Waals surface area (Å²) in [5.74, 6) is -0.382. The number of aliphatic hydroxyl groups is 1. The molecule has 1 aliphatic rings. The van der Waals surface area contributed by atoms with E-state index in [2.05, 4.69) is 0 Å². The molecule has 0 spiro atoms. The molecule has 1 aromatic rings. The first-order valence-corrected chi connectivity index (χ1v) is 4.97. The van der Waals surface area contributed by atoms with Crippen LogP contribution in [0.2, 0.25) is 0 Å². The Hall–Kier alpha value is -1.13. The molecule has 1 aromatic carbocycles. The van der Waals surface area contributed by atoms with Crippen molar-refractivity contribution in [1.29, 1.82) is 0 Å². The fourth-order valence-electron chi connectivity index (χ4n) is 1.94. The molecule has 1 heterocycles. The van der Waals surface area contributed by atoms with E-state index in [1.165, 1.54) is 12.1 Å². The van der Waals surface area contributed by atoms with E-state index < -0.39 is 5.60 Å². The summed E-state index contributed by atoms with van der Waals surface area (Å²) in [5, 5.41) is 10.3. The molecule has 15 heavy (non-hydrogen) atoms. The summed E-state index contributed by atoms with van der Waals surface area (Å²) in [4.78, 5) is 0. The highest BCUT2D eigenvalue weighted by Crippen LogP contribution is 2.35. The van der Waals surface area contributed by atoms with Gasteiger partial charge in [-0.1, -0.05) is 6.07 Å². The summed E-state index contributed by atoms with van der Waals surface area (Å²) in [5.41, 5.74) is 5.64. The SMILES string of the molecule is Nc1cc(F)ccc1C1(O)CCOCC1. The quantitative estimate of drug-likeness (QED) is 0.690. The zero-order valence-electron chi connectivity index (χ0n) is 8.37. The van der Waals surface area contributed by atoms with E-state index in [-0.39, 0.29) is 5.82 Å². The van der Waals surface area contributed by atoms with Gasteiger partial charge in [-0.05, 0) is 12.1 Å². The molecule has 0 unspecified atom stereocenters. The molecule has 0 bridgehead atoms. The monoisotopic (exact) mass is 211 g/mol. The van der Waals surface area contributed by atoms with Gasteiger partial charge in [0.15, 0.2) is 0 Å². The Morgan fingerprint density at radius 2 is 2.00 bits per heavy atom. The maximum Gasteiger partial charge on any atom is 0.125 e. The van der Waals surface area contributed by atoms with Crippen molar-refractivity contribution >= 4 is 5.69 Å². The molecule has 0 saturated carbocycles. The van der Waals surface area contributed by atoms with Gasteiger partial charge in [0, 0.05) is 37.3 Å². The number of halogens is 1. The van der Waals surface area contributed by atoms with Gasteiger partial charge < -0.3 is 15.6 Å². The van der Waals surface area contributed by atoms with Crippen molar-refractivity contribution in [3.05, 3.63) is 29.6 Å². The minimum absolute atomic E-state index is 0.305. The molecule has 1 aliphatic heterocycles. The van der Waals surface area contributed by atoms with E-state index >= 15 is 0 Å². The van der Waals surface area contributed by atoms with Crippen LogP contribution in [0.4, 0.5) is 10.1 Å². The number of rotatable bonds is 1. The number of ether oxygens (including phenoxy) is 1. The molecular formula is C11H14FNO2. The molecule has 3 nitrogen and oxygen atoms in total. The molecule has 0 atom stereocenters. The van der Waals surface area contributed by atoms with Gasteiger partial charge in [0.1, 0.15) is 5.82 Å². The van der Waals surface area contributed by atoms with Gasteiger partial charge in [0.25, 0.3) is 0 Å². The predicted octanol–water partition coefficient (Wildman–Crippen LogP) is 1.41. The summed E-state index contributed by atoms with van der Waals surface area (Å²) in [6.07, 6.45) is 1.01. The normalized spacial score (nSPS) is 20.1. The van der Waals surface area contributed by atoms with Crippen molar-refractivity contribution in [3.63, 3.8) is 0 Å².